The van der Waals surface area contributed by atoms with Gasteiger partial charge in [0.15, 0.2) is 0 Å². The van der Waals surface area contributed by atoms with Crippen LogP contribution in [0.4, 0.5) is 9.39 Å². The summed E-state index contributed by atoms with van der Waals surface area (Å²) in [7, 11) is 0. The molecule has 1 aliphatic heterocycles. The van der Waals surface area contributed by atoms with Gasteiger partial charge in [0.25, 0.3) is 0 Å². The second-order valence-electron chi connectivity index (χ2n) is 5.36. The fourth-order valence-electron chi connectivity index (χ4n) is 2.62. The molecule has 23 heavy (non-hydrogen) atoms. The van der Waals surface area contributed by atoms with E-state index in [1.165, 1.54) is 23.5 Å². The van der Waals surface area contributed by atoms with E-state index in [2.05, 4.69) is 10.3 Å². The average molecular weight is 333 g/mol. The van der Waals surface area contributed by atoms with Gasteiger partial charge < -0.3 is 10.2 Å². The number of carbonyl (C=O) groups is 2. The van der Waals surface area contributed by atoms with E-state index in [0.717, 1.165) is 5.56 Å². The molecule has 2 heterocycles. The normalized spacial score (nSPS) is 17.6. The van der Waals surface area contributed by atoms with Crippen LogP contribution in [0.5, 0.6) is 0 Å². The Hall–Kier alpha value is -2.28. The zero-order valence-corrected chi connectivity index (χ0v) is 13.4. The van der Waals surface area contributed by atoms with Crippen molar-refractivity contribution in [3.63, 3.8) is 0 Å². The van der Waals surface area contributed by atoms with Gasteiger partial charge in [-0.25, -0.2) is 9.37 Å². The van der Waals surface area contributed by atoms with E-state index < -0.39 is 0 Å². The lowest BCUT2D eigenvalue weighted by atomic mass is 10.1. The monoisotopic (exact) mass is 333 g/mol. The van der Waals surface area contributed by atoms with Gasteiger partial charge in [-0.3, -0.25) is 9.59 Å². The van der Waals surface area contributed by atoms with Crippen LogP contribution in [-0.2, 0) is 9.59 Å². The van der Waals surface area contributed by atoms with Crippen LogP contribution >= 0.6 is 11.3 Å². The van der Waals surface area contributed by atoms with E-state index in [1.807, 2.05) is 6.92 Å². The standard InChI is InChI=1S/C16H16FN3O2S/c1-2-20-8-11(7-13(20)21)15(22)19-16-14(18-9-23-16)10-3-5-12(17)6-4-10/h3-6,9,11H,2,7-8H2,1H3,(H,19,22)/t11-/m1/s1. The van der Waals surface area contributed by atoms with Crippen LogP contribution in [0, 0.1) is 11.7 Å². The number of rotatable bonds is 4. The Balaban J connectivity index is 1.74. The summed E-state index contributed by atoms with van der Waals surface area (Å²) in [6, 6.07) is 5.96. The van der Waals surface area contributed by atoms with Crippen molar-refractivity contribution in [3.8, 4) is 11.3 Å². The number of amides is 2. The molecular formula is C16H16FN3O2S. The number of thiazole rings is 1. The highest BCUT2D eigenvalue weighted by molar-refractivity contribution is 7.14. The van der Waals surface area contributed by atoms with E-state index in [9.17, 15) is 14.0 Å². The number of hydrogen-bond donors (Lipinski definition) is 1. The molecule has 7 heteroatoms. The first-order valence-corrected chi connectivity index (χ1v) is 8.24. The van der Waals surface area contributed by atoms with Gasteiger partial charge in [0.1, 0.15) is 16.5 Å². The van der Waals surface area contributed by atoms with Gasteiger partial charge in [-0.15, -0.1) is 11.3 Å². The highest BCUT2D eigenvalue weighted by Gasteiger charge is 2.33. The van der Waals surface area contributed by atoms with Crippen molar-refractivity contribution in [2.45, 2.75) is 13.3 Å². The summed E-state index contributed by atoms with van der Waals surface area (Å²) in [6.07, 6.45) is 0.240. The van der Waals surface area contributed by atoms with Crippen LogP contribution in [0.15, 0.2) is 29.8 Å². The molecule has 0 aliphatic carbocycles. The van der Waals surface area contributed by atoms with Crippen LogP contribution in [0.1, 0.15) is 13.3 Å². The minimum absolute atomic E-state index is 0.00992. The van der Waals surface area contributed by atoms with Gasteiger partial charge in [0.2, 0.25) is 11.8 Å². The fourth-order valence-corrected chi connectivity index (χ4v) is 3.32. The second kappa shape index (κ2) is 6.45. The van der Waals surface area contributed by atoms with Crippen LogP contribution < -0.4 is 5.32 Å². The van der Waals surface area contributed by atoms with Crippen LogP contribution in [0.2, 0.25) is 0 Å². The van der Waals surface area contributed by atoms with Crippen molar-refractivity contribution in [1.82, 2.24) is 9.88 Å². The molecule has 1 fully saturated rings. The number of anilines is 1. The minimum Gasteiger partial charge on any atom is -0.342 e. The zero-order chi connectivity index (χ0) is 16.4. The predicted molar refractivity (Wildman–Crippen MR) is 86.5 cm³/mol. The summed E-state index contributed by atoms with van der Waals surface area (Å²) in [6.45, 7) is 2.96. The van der Waals surface area contributed by atoms with Gasteiger partial charge in [-0.2, -0.15) is 0 Å². The van der Waals surface area contributed by atoms with E-state index in [-0.39, 0.29) is 30.0 Å². The summed E-state index contributed by atoms with van der Waals surface area (Å²) in [5.74, 6) is -0.832. The summed E-state index contributed by atoms with van der Waals surface area (Å²) < 4.78 is 13.0. The molecule has 1 aliphatic rings. The van der Waals surface area contributed by atoms with Crippen LogP contribution in [0.25, 0.3) is 11.3 Å². The molecule has 120 valence electrons. The molecule has 0 spiro atoms. The molecule has 5 nitrogen and oxygen atoms in total. The van der Waals surface area contributed by atoms with Crippen molar-refractivity contribution < 1.29 is 14.0 Å². The topological polar surface area (TPSA) is 62.3 Å². The van der Waals surface area contributed by atoms with Gasteiger partial charge in [0, 0.05) is 25.1 Å². The molecule has 0 saturated carbocycles. The third-order valence-electron chi connectivity index (χ3n) is 3.89. The van der Waals surface area contributed by atoms with E-state index in [1.54, 1.807) is 22.5 Å². The number of carbonyl (C=O) groups excluding carboxylic acids is 2. The van der Waals surface area contributed by atoms with Crippen molar-refractivity contribution in [3.05, 3.63) is 35.6 Å². The lowest BCUT2D eigenvalue weighted by molar-refractivity contribution is -0.128. The molecule has 0 bridgehead atoms. The molecule has 2 aromatic rings. The summed E-state index contributed by atoms with van der Waals surface area (Å²) in [4.78, 5) is 30.1. The molecule has 0 unspecified atom stereocenters. The predicted octanol–water partition coefficient (Wildman–Crippen LogP) is 2.76. The Morgan fingerprint density at radius 1 is 1.43 bits per heavy atom. The van der Waals surface area contributed by atoms with Crippen LogP contribution in [-0.4, -0.2) is 34.8 Å². The first-order valence-electron chi connectivity index (χ1n) is 7.36. The molecule has 2 amide bonds. The molecule has 1 atom stereocenters. The Kier molecular flexibility index (Phi) is 4.38. The van der Waals surface area contributed by atoms with Crippen LogP contribution in [0.3, 0.4) is 0 Å². The third kappa shape index (κ3) is 3.24. The molecular weight excluding hydrogens is 317 g/mol. The van der Waals surface area contributed by atoms with Gasteiger partial charge in [-0.05, 0) is 31.2 Å². The number of hydrogen-bond acceptors (Lipinski definition) is 4. The smallest absolute Gasteiger partial charge is 0.230 e. The van der Waals surface area contributed by atoms with Crippen molar-refractivity contribution in [2.75, 3.05) is 18.4 Å². The molecule has 1 aromatic heterocycles. The first kappa shape index (κ1) is 15.6. The SMILES string of the molecule is CCN1C[C@H](C(=O)Nc2scnc2-c2ccc(F)cc2)CC1=O. The number of nitrogens with one attached hydrogen (secondary N) is 1. The maximum absolute atomic E-state index is 13.0. The number of benzene rings is 1. The van der Waals surface area contributed by atoms with E-state index in [4.69, 9.17) is 0 Å². The second-order valence-corrected chi connectivity index (χ2v) is 6.21. The fraction of sp³-hybridized carbons (Fsp3) is 0.312. The number of likely N-dealkylation sites (tertiary alicyclic amines) is 1. The Labute approximate surface area is 137 Å². The maximum atomic E-state index is 13.0. The van der Waals surface area contributed by atoms with Crippen molar-refractivity contribution in [2.24, 2.45) is 5.92 Å². The van der Waals surface area contributed by atoms with Gasteiger partial charge >= 0.3 is 0 Å². The van der Waals surface area contributed by atoms with Gasteiger partial charge in [0.05, 0.1) is 11.4 Å². The molecule has 1 aromatic carbocycles. The first-order chi connectivity index (χ1) is 11.1. The molecule has 0 radical (unpaired) electrons. The maximum Gasteiger partial charge on any atom is 0.230 e. The van der Waals surface area contributed by atoms with Crippen molar-refractivity contribution in [1.29, 1.82) is 0 Å². The lowest BCUT2D eigenvalue weighted by Gasteiger charge is -2.13. The quantitative estimate of drug-likeness (QED) is 0.936. The molecule has 3 rings (SSSR count). The van der Waals surface area contributed by atoms with Crippen molar-refractivity contribution >= 4 is 28.2 Å². The highest BCUT2D eigenvalue weighted by Crippen LogP contribution is 2.31. The van der Waals surface area contributed by atoms with E-state index in [0.29, 0.717) is 23.8 Å². The summed E-state index contributed by atoms with van der Waals surface area (Å²) >= 11 is 1.31. The summed E-state index contributed by atoms with van der Waals surface area (Å²) in [5, 5.41) is 3.47. The Morgan fingerprint density at radius 3 is 2.83 bits per heavy atom. The summed E-state index contributed by atoms with van der Waals surface area (Å²) in [5.41, 5.74) is 2.98. The highest BCUT2D eigenvalue weighted by atomic mass is 32.1. The number of nitrogens with zero attached hydrogens (tertiary/aromatic N) is 2. The Morgan fingerprint density at radius 2 is 2.17 bits per heavy atom. The zero-order valence-electron chi connectivity index (χ0n) is 12.6. The molecule has 1 saturated heterocycles. The van der Waals surface area contributed by atoms with Gasteiger partial charge in [-0.1, -0.05) is 0 Å². The largest absolute Gasteiger partial charge is 0.342 e. The number of aromatic nitrogens is 1. The minimum atomic E-state index is -0.342. The molecule has 1 N–H and O–H groups in total. The number of halogens is 1. The average Bonchev–Trinajstić information content (AvgIpc) is 3.14. The Bertz CT molecular complexity index is 729. The van der Waals surface area contributed by atoms with E-state index >= 15 is 0 Å². The lowest BCUT2D eigenvalue weighted by Crippen LogP contribution is -2.28. The third-order valence-corrected chi connectivity index (χ3v) is 4.63.